The molecule has 0 aromatic heterocycles. The molecule has 1 aliphatic heterocycles. The average molecular weight is 332 g/mol. The first-order chi connectivity index (χ1) is 11.4. The predicted octanol–water partition coefficient (Wildman–Crippen LogP) is 2.27. The summed E-state index contributed by atoms with van der Waals surface area (Å²) in [7, 11) is 0. The maximum absolute atomic E-state index is 12.8. The molecule has 132 valence electrons. The smallest absolute Gasteiger partial charge is 0.243 e. The number of amides is 3. The van der Waals surface area contributed by atoms with Gasteiger partial charge in [0.15, 0.2) is 0 Å². The van der Waals surface area contributed by atoms with Gasteiger partial charge in [0, 0.05) is 6.04 Å². The summed E-state index contributed by atoms with van der Waals surface area (Å²) >= 11 is 0. The van der Waals surface area contributed by atoms with Crippen LogP contribution in [-0.2, 0) is 14.4 Å². The Kier molecular flexibility index (Phi) is 4.79. The van der Waals surface area contributed by atoms with Crippen molar-refractivity contribution in [1.29, 1.82) is 0 Å². The molecule has 0 spiro atoms. The lowest BCUT2D eigenvalue weighted by molar-refractivity contribution is -0.148. The number of imide groups is 1. The van der Waals surface area contributed by atoms with Gasteiger partial charge in [-0.05, 0) is 50.9 Å². The Labute approximate surface area is 143 Å². The van der Waals surface area contributed by atoms with Gasteiger partial charge in [0.1, 0.15) is 6.04 Å². The number of fused-ring (bicyclic) bond motifs is 1. The third-order valence-electron chi connectivity index (χ3n) is 5.55. The van der Waals surface area contributed by atoms with E-state index in [1.54, 1.807) is 0 Å². The quantitative estimate of drug-likeness (QED) is 0.599. The number of likely N-dealkylation sites (tertiary alicyclic amines) is 1. The topological polar surface area (TPSA) is 66.5 Å². The zero-order valence-electron chi connectivity index (χ0n) is 14.8. The van der Waals surface area contributed by atoms with Gasteiger partial charge in [0.25, 0.3) is 0 Å². The molecule has 0 bridgehead atoms. The van der Waals surface area contributed by atoms with Crippen molar-refractivity contribution in [2.75, 3.05) is 0 Å². The van der Waals surface area contributed by atoms with Crippen LogP contribution in [-0.4, -0.2) is 34.7 Å². The second-order valence-corrected chi connectivity index (χ2v) is 7.98. The lowest BCUT2D eigenvalue weighted by Crippen LogP contribution is -2.52. The van der Waals surface area contributed by atoms with E-state index >= 15 is 0 Å². The van der Waals surface area contributed by atoms with Crippen LogP contribution >= 0.6 is 0 Å². The van der Waals surface area contributed by atoms with Gasteiger partial charge in [-0.25, -0.2) is 0 Å². The maximum Gasteiger partial charge on any atom is 0.243 e. The monoisotopic (exact) mass is 332 g/mol. The van der Waals surface area contributed by atoms with Crippen molar-refractivity contribution in [1.82, 2.24) is 10.2 Å². The molecule has 5 heteroatoms. The second kappa shape index (κ2) is 6.69. The molecule has 5 nitrogen and oxygen atoms in total. The van der Waals surface area contributed by atoms with Crippen molar-refractivity contribution in [2.24, 2.45) is 23.7 Å². The summed E-state index contributed by atoms with van der Waals surface area (Å²) in [4.78, 5) is 39.7. The number of nitrogens with one attached hydrogen (secondary N) is 1. The Morgan fingerprint density at radius 1 is 1.12 bits per heavy atom. The molecule has 1 saturated heterocycles. The minimum atomic E-state index is -0.670. The van der Waals surface area contributed by atoms with Crippen LogP contribution in [0.25, 0.3) is 0 Å². The standard InChI is InChI=1S/C19H28N2O3/c1-11(2)10-16(17(22)20-12(3)13-8-9-13)21-18(23)14-6-4-5-7-15(14)19(21)24/h4-5,11-16H,6-10H2,1-3H3,(H,20,22)/t12-,14+,15+,16-/m1/s1. The SMILES string of the molecule is CC(C)C[C@H](C(=O)N[C@H](C)C1CC1)N1C(=O)[C@H]2CC=CC[C@@H]2C1=O. The molecule has 0 unspecified atom stereocenters. The Bertz CT molecular complexity index is 539. The molecule has 1 saturated carbocycles. The molecule has 2 fully saturated rings. The highest BCUT2D eigenvalue weighted by Crippen LogP contribution is 2.37. The molecule has 4 atom stereocenters. The van der Waals surface area contributed by atoms with E-state index in [1.807, 2.05) is 32.9 Å². The summed E-state index contributed by atoms with van der Waals surface area (Å²) in [6, 6.07) is -0.555. The number of hydrogen-bond acceptors (Lipinski definition) is 3. The van der Waals surface area contributed by atoms with Crippen molar-refractivity contribution in [3.05, 3.63) is 12.2 Å². The number of carbonyl (C=O) groups is 3. The van der Waals surface area contributed by atoms with Crippen molar-refractivity contribution >= 4 is 17.7 Å². The zero-order chi connectivity index (χ0) is 17.4. The van der Waals surface area contributed by atoms with Gasteiger partial charge in [-0.1, -0.05) is 26.0 Å². The molecule has 1 heterocycles. The number of carbonyl (C=O) groups excluding carboxylic acids is 3. The van der Waals surface area contributed by atoms with Gasteiger partial charge in [0.2, 0.25) is 17.7 Å². The Morgan fingerprint density at radius 2 is 1.67 bits per heavy atom. The molecule has 2 aliphatic carbocycles. The molecule has 1 N–H and O–H groups in total. The van der Waals surface area contributed by atoms with Crippen LogP contribution < -0.4 is 5.32 Å². The fourth-order valence-corrected chi connectivity index (χ4v) is 3.94. The van der Waals surface area contributed by atoms with E-state index in [-0.39, 0.29) is 41.5 Å². The summed E-state index contributed by atoms with van der Waals surface area (Å²) in [5.74, 6) is -0.250. The lowest BCUT2D eigenvalue weighted by atomic mass is 9.85. The maximum atomic E-state index is 12.8. The summed E-state index contributed by atoms with van der Waals surface area (Å²) in [6.07, 6.45) is 7.99. The van der Waals surface area contributed by atoms with Crippen molar-refractivity contribution in [3.63, 3.8) is 0 Å². The Hall–Kier alpha value is -1.65. The van der Waals surface area contributed by atoms with Crippen molar-refractivity contribution in [2.45, 2.75) is 65.0 Å². The largest absolute Gasteiger partial charge is 0.352 e. The highest BCUT2D eigenvalue weighted by Gasteiger charge is 2.51. The third kappa shape index (κ3) is 3.26. The van der Waals surface area contributed by atoms with E-state index in [0.717, 1.165) is 12.8 Å². The predicted molar refractivity (Wildman–Crippen MR) is 90.8 cm³/mol. The van der Waals surface area contributed by atoms with Gasteiger partial charge in [0.05, 0.1) is 11.8 Å². The van der Waals surface area contributed by atoms with Crippen LogP contribution in [0, 0.1) is 23.7 Å². The fraction of sp³-hybridized carbons (Fsp3) is 0.737. The van der Waals surface area contributed by atoms with E-state index in [0.29, 0.717) is 25.2 Å². The van der Waals surface area contributed by atoms with Crippen molar-refractivity contribution < 1.29 is 14.4 Å². The van der Waals surface area contributed by atoms with E-state index in [9.17, 15) is 14.4 Å². The number of nitrogens with zero attached hydrogens (tertiary/aromatic N) is 1. The number of rotatable bonds is 6. The first-order valence-electron chi connectivity index (χ1n) is 9.22. The van der Waals surface area contributed by atoms with E-state index < -0.39 is 6.04 Å². The van der Waals surface area contributed by atoms with Crippen LogP contribution in [0.2, 0.25) is 0 Å². The molecule has 0 radical (unpaired) electrons. The van der Waals surface area contributed by atoms with Gasteiger partial charge in [-0.2, -0.15) is 0 Å². The van der Waals surface area contributed by atoms with Crippen LogP contribution in [0.5, 0.6) is 0 Å². The highest BCUT2D eigenvalue weighted by molar-refractivity contribution is 6.08. The summed E-state index contributed by atoms with van der Waals surface area (Å²) in [5, 5.41) is 3.05. The van der Waals surface area contributed by atoms with Gasteiger partial charge < -0.3 is 5.32 Å². The van der Waals surface area contributed by atoms with Crippen molar-refractivity contribution in [3.8, 4) is 0 Å². The molecule has 3 rings (SSSR count). The third-order valence-corrected chi connectivity index (χ3v) is 5.55. The summed E-state index contributed by atoms with van der Waals surface area (Å²) in [6.45, 7) is 6.05. The first-order valence-corrected chi connectivity index (χ1v) is 9.22. The lowest BCUT2D eigenvalue weighted by Gasteiger charge is -2.28. The minimum absolute atomic E-state index is 0.115. The van der Waals surface area contributed by atoms with Gasteiger partial charge in [-0.3, -0.25) is 19.3 Å². The first kappa shape index (κ1) is 17.2. The van der Waals surface area contributed by atoms with Gasteiger partial charge >= 0.3 is 0 Å². The Balaban J connectivity index is 1.78. The molecule has 3 amide bonds. The van der Waals surface area contributed by atoms with Crippen LogP contribution in [0.4, 0.5) is 0 Å². The normalized spacial score (nSPS) is 28.9. The van der Waals surface area contributed by atoms with Crippen LogP contribution in [0.15, 0.2) is 12.2 Å². The summed E-state index contributed by atoms with van der Waals surface area (Å²) < 4.78 is 0. The van der Waals surface area contributed by atoms with Crippen LogP contribution in [0.3, 0.4) is 0 Å². The molecule has 3 aliphatic rings. The van der Waals surface area contributed by atoms with E-state index in [1.165, 1.54) is 4.90 Å². The molecule has 0 aromatic carbocycles. The number of allylic oxidation sites excluding steroid dienone is 2. The van der Waals surface area contributed by atoms with E-state index in [2.05, 4.69) is 5.32 Å². The highest BCUT2D eigenvalue weighted by atomic mass is 16.2. The van der Waals surface area contributed by atoms with Gasteiger partial charge in [-0.15, -0.1) is 0 Å². The molecular formula is C19H28N2O3. The van der Waals surface area contributed by atoms with Crippen LogP contribution in [0.1, 0.15) is 52.9 Å². The molecule has 24 heavy (non-hydrogen) atoms. The summed E-state index contributed by atoms with van der Waals surface area (Å²) in [5.41, 5.74) is 0. The molecule has 0 aromatic rings. The van der Waals surface area contributed by atoms with E-state index in [4.69, 9.17) is 0 Å². The zero-order valence-corrected chi connectivity index (χ0v) is 14.8. The Morgan fingerprint density at radius 3 is 2.12 bits per heavy atom. The number of hydrogen-bond donors (Lipinski definition) is 1. The molecular weight excluding hydrogens is 304 g/mol. The fourth-order valence-electron chi connectivity index (χ4n) is 3.94. The average Bonchev–Trinajstić information content (AvgIpc) is 3.35. The second-order valence-electron chi connectivity index (χ2n) is 7.98. The minimum Gasteiger partial charge on any atom is -0.352 e.